The van der Waals surface area contributed by atoms with E-state index < -0.39 is 0 Å². The summed E-state index contributed by atoms with van der Waals surface area (Å²) < 4.78 is 11.0. The van der Waals surface area contributed by atoms with E-state index in [0.29, 0.717) is 18.8 Å². The molecule has 1 saturated carbocycles. The van der Waals surface area contributed by atoms with Crippen LogP contribution in [0.2, 0.25) is 0 Å². The lowest BCUT2D eigenvalue weighted by Gasteiger charge is -2.25. The Hall–Kier alpha value is -0.160. The maximum atomic E-state index is 5.89. The monoisotopic (exact) mass is 228 g/mol. The zero-order valence-electron chi connectivity index (χ0n) is 10.2. The Labute approximate surface area is 98.1 Å². The van der Waals surface area contributed by atoms with Crippen molar-refractivity contribution in [3.05, 3.63) is 0 Å². The van der Waals surface area contributed by atoms with Gasteiger partial charge in [0.2, 0.25) is 0 Å². The number of hydrogen-bond acceptors (Lipinski definition) is 4. The van der Waals surface area contributed by atoms with Crippen LogP contribution in [0.15, 0.2) is 0 Å². The van der Waals surface area contributed by atoms with Gasteiger partial charge in [0.1, 0.15) is 0 Å². The Bertz CT molecular complexity index is 209. The molecule has 1 heterocycles. The average molecular weight is 228 g/mol. The normalized spacial score (nSPS) is 30.2. The van der Waals surface area contributed by atoms with E-state index in [0.717, 1.165) is 38.6 Å². The van der Waals surface area contributed by atoms with Gasteiger partial charge < -0.3 is 15.2 Å². The Morgan fingerprint density at radius 2 is 2.00 bits per heavy atom. The zero-order valence-corrected chi connectivity index (χ0v) is 10.2. The second-order valence-corrected chi connectivity index (χ2v) is 4.91. The van der Waals surface area contributed by atoms with E-state index >= 15 is 0 Å². The Morgan fingerprint density at radius 3 is 2.56 bits per heavy atom. The van der Waals surface area contributed by atoms with Crippen molar-refractivity contribution in [1.29, 1.82) is 0 Å². The second kappa shape index (κ2) is 5.96. The minimum atomic E-state index is 0.300. The van der Waals surface area contributed by atoms with Gasteiger partial charge in [-0.15, -0.1) is 0 Å². The topological polar surface area (TPSA) is 47.7 Å². The molecule has 2 N–H and O–H groups in total. The molecule has 2 fully saturated rings. The van der Waals surface area contributed by atoms with Crippen molar-refractivity contribution in [2.24, 2.45) is 5.73 Å². The molecule has 1 aliphatic carbocycles. The van der Waals surface area contributed by atoms with Crippen LogP contribution in [-0.2, 0) is 9.47 Å². The molecule has 0 aromatic rings. The van der Waals surface area contributed by atoms with Gasteiger partial charge in [-0.05, 0) is 25.7 Å². The summed E-state index contributed by atoms with van der Waals surface area (Å²) in [5.41, 5.74) is 5.62. The van der Waals surface area contributed by atoms with Crippen molar-refractivity contribution in [1.82, 2.24) is 4.90 Å². The van der Waals surface area contributed by atoms with Gasteiger partial charge in [0.05, 0.1) is 18.8 Å². The quantitative estimate of drug-likeness (QED) is 0.693. The van der Waals surface area contributed by atoms with Gasteiger partial charge in [-0.3, -0.25) is 4.90 Å². The zero-order chi connectivity index (χ0) is 11.4. The van der Waals surface area contributed by atoms with E-state index in [2.05, 4.69) is 4.90 Å². The molecule has 16 heavy (non-hydrogen) atoms. The summed E-state index contributed by atoms with van der Waals surface area (Å²) in [6.07, 6.45) is 5.68. The molecule has 2 aliphatic rings. The number of hydrogen-bond donors (Lipinski definition) is 1. The fraction of sp³-hybridized carbons (Fsp3) is 1.00. The van der Waals surface area contributed by atoms with E-state index in [1.807, 2.05) is 0 Å². The minimum Gasteiger partial charge on any atom is -0.383 e. The molecule has 1 saturated heterocycles. The summed E-state index contributed by atoms with van der Waals surface area (Å²) in [6, 6.07) is 0.788. The van der Waals surface area contributed by atoms with Crippen molar-refractivity contribution in [3.63, 3.8) is 0 Å². The van der Waals surface area contributed by atoms with Crippen LogP contribution in [0.3, 0.4) is 0 Å². The molecule has 2 rings (SSSR count). The number of ether oxygens (including phenoxy) is 2. The first-order chi connectivity index (χ1) is 7.83. The summed E-state index contributed by atoms with van der Waals surface area (Å²) in [5.74, 6) is 0. The van der Waals surface area contributed by atoms with Crippen LogP contribution in [0.5, 0.6) is 0 Å². The third kappa shape index (κ3) is 3.42. The summed E-state index contributed by atoms with van der Waals surface area (Å²) >= 11 is 0. The first kappa shape index (κ1) is 12.3. The summed E-state index contributed by atoms with van der Waals surface area (Å²) in [5, 5.41) is 0. The highest BCUT2D eigenvalue weighted by atomic mass is 16.5. The van der Waals surface area contributed by atoms with Crippen LogP contribution in [-0.4, -0.2) is 56.5 Å². The third-order valence-electron chi connectivity index (χ3n) is 3.54. The summed E-state index contributed by atoms with van der Waals surface area (Å²) in [7, 11) is 1.77. The fourth-order valence-electron chi connectivity index (χ4n) is 2.42. The molecule has 0 spiro atoms. The number of nitrogens with zero attached hydrogens (tertiary/aromatic N) is 1. The number of methoxy groups -OCH3 is 1. The number of nitrogens with two attached hydrogens (primary N) is 1. The first-order valence-electron chi connectivity index (χ1n) is 6.42. The first-order valence-corrected chi connectivity index (χ1v) is 6.42. The Balaban J connectivity index is 1.72. The highest BCUT2D eigenvalue weighted by molar-refractivity contribution is 4.87. The predicted molar refractivity (Wildman–Crippen MR) is 63.4 cm³/mol. The maximum Gasteiger partial charge on any atom is 0.0707 e. The average Bonchev–Trinajstić information content (AvgIpc) is 3.05. The molecule has 0 radical (unpaired) electrons. The molecule has 2 atom stereocenters. The van der Waals surface area contributed by atoms with Crippen molar-refractivity contribution in [3.8, 4) is 0 Å². The molecule has 2 unspecified atom stereocenters. The highest BCUT2D eigenvalue weighted by Crippen LogP contribution is 2.29. The Morgan fingerprint density at radius 1 is 1.25 bits per heavy atom. The molecule has 1 aliphatic heterocycles. The van der Waals surface area contributed by atoms with E-state index in [4.69, 9.17) is 15.2 Å². The molecule has 4 heteroatoms. The van der Waals surface area contributed by atoms with Crippen LogP contribution in [0, 0.1) is 0 Å². The predicted octanol–water partition coefficient (Wildman–Crippen LogP) is 0.604. The van der Waals surface area contributed by atoms with Crippen LogP contribution >= 0.6 is 0 Å². The van der Waals surface area contributed by atoms with Crippen molar-refractivity contribution in [2.75, 3.05) is 33.4 Å². The molecule has 0 aromatic carbocycles. The van der Waals surface area contributed by atoms with Crippen LogP contribution in [0.25, 0.3) is 0 Å². The van der Waals surface area contributed by atoms with Gasteiger partial charge in [0, 0.05) is 32.8 Å². The highest BCUT2D eigenvalue weighted by Gasteiger charge is 2.33. The lowest BCUT2D eigenvalue weighted by atomic mass is 10.2. The second-order valence-electron chi connectivity index (χ2n) is 4.91. The maximum absolute atomic E-state index is 5.89. The molecule has 94 valence electrons. The van der Waals surface area contributed by atoms with Gasteiger partial charge >= 0.3 is 0 Å². The molecule has 0 aromatic heterocycles. The Kier molecular flexibility index (Phi) is 4.58. The molecular weight excluding hydrogens is 204 g/mol. The van der Waals surface area contributed by atoms with Gasteiger partial charge in [-0.2, -0.15) is 0 Å². The summed E-state index contributed by atoms with van der Waals surface area (Å²) in [4.78, 5) is 2.52. The van der Waals surface area contributed by atoms with E-state index in [1.54, 1.807) is 7.11 Å². The van der Waals surface area contributed by atoms with Gasteiger partial charge in [0.25, 0.3) is 0 Å². The minimum absolute atomic E-state index is 0.300. The van der Waals surface area contributed by atoms with Gasteiger partial charge in [-0.1, -0.05) is 0 Å². The van der Waals surface area contributed by atoms with Crippen molar-refractivity contribution in [2.45, 2.75) is 43.9 Å². The SMILES string of the molecule is COCCN(CC1CCC(CN)O1)C1CC1. The van der Waals surface area contributed by atoms with E-state index in [1.165, 1.54) is 12.8 Å². The van der Waals surface area contributed by atoms with Crippen LogP contribution in [0.1, 0.15) is 25.7 Å². The van der Waals surface area contributed by atoms with Crippen molar-refractivity contribution < 1.29 is 9.47 Å². The van der Waals surface area contributed by atoms with Crippen LogP contribution < -0.4 is 5.73 Å². The fourth-order valence-corrected chi connectivity index (χ4v) is 2.42. The van der Waals surface area contributed by atoms with Gasteiger partial charge in [-0.25, -0.2) is 0 Å². The van der Waals surface area contributed by atoms with E-state index in [9.17, 15) is 0 Å². The summed E-state index contributed by atoms with van der Waals surface area (Å²) in [6.45, 7) is 3.58. The largest absolute Gasteiger partial charge is 0.383 e. The lowest BCUT2D eigenvalue weighted by molar-refractivity contribution is 0.0201. The van der Waals surface area contributed by atoms with E-state index in [-0.39, 0.29) is 0 Å². The third-order valence-corrected chi connectivity index (χ3v) is 3.54. The molecule has 4 nitrogen and oxygen atoms in total. The molecular formula is C12H24N2O2. The lowest BCUT2D eigenvalue weighted by Crippen LogP contribution is -2.37. The molecule has 0 bridgehead atoms. The number of rotatable bonds is 7. The van der Waals surface area contributed by atoms with Crippen molar-refractivity contribution >= 4 is 0 Å². The smallest absolute Gasteiger partial charge is 0.0707 e. The van der Waals surface area contributed by atoms with Crippen LogP contribution in [0.4, 0.5) is 0 Å². The molecule has 0 amide bonds. The standard InChI is InChI=1S/C12H24N2O2/c1-15-7-6-14(10-2-3-10)9-12-5-4-11(8-13)16-12/h10-12H,2-9,13H2,1H3. The van der Waals surface area contributed by atoms with Gasteiger partial charge in [0.15, 0.2) is 0 Å².